The van der Waals surface area contributed by atoms with Crippen molar-refractivity contribution in [2.24, 2.45) is 10.9 Å². The minimum absolute atomic E-state index is 0. The Kier molecular flexibility index (Phi) is 12.0. The summed E-state index contributed by atoms with van der Waals surface area (Å²) < 4.78 is 5.98. The molecule has 0 radical (unpaired) electrons. The number of hydrogen-bond donors (Lipinski definition) is 3. The van der Waals surface area contributed by atoms with E-state index >= 15 is 0 Å². The molecule has 1 heterocycles. The van der Waals surface area contributed by atoms with Crippen molar-refractivity contribution in [3.8, 4) is 0 Å². The number of rotatable bonds is 10. The van der Waals surface area contributed by atoms with Crippen molar-refractivity contribution in [3.63, 3.8) is 0 Å². The lowest BCUT2D eigenvalue weighted by molar-refractivity contribution is 0.0305. The molecular weight excluding hydrogens is 465 g/mol. The van der Waals surface area contributed by atoms with Crippen molar-refractivity contribution in [1.82, 2.24) is 10.6 Å². The van der Waals surface area contributed by atoms with Gasteiger partial charge in [0, 0.05) is 25.6 Å². The SMILES string of the molecule is CCCC(O)(CCC)CN=C(NCC)NCC1CCOC1c1ccccc1.I. The zero-order valence-corrected chi connectivity index (χ0v) is 19.9. The zero-order valence-electron chi connectivity index (χ0n) is 17.6. The highest BCUT2D eigenvalue weighted by Gasteiger charge is 2.30. The summed E-state index contributed by atoms with van der Waals surface area (Å²) in [5, 5.41) is 17.6. The van der Waals surface area contributed by atoms with Crippen molar-refractivity contribution >= 4 is 29.9 Å². The van der Waals surface area contributed by atoms with E-state index in [4.69, 9.17) is 4.74 Å². The van der Waals surface area contributed by atoms with Gasteiger partial charge in [-0.3, -0.25) is 4.99 Å². The van der Waals surface area contributed by atoms with E-state index in [1.807, 2.05) is 6.07 Å². The van der Waals surface area contributed by atoms with Gasteiger partial charge in [0.05, 0.1) is 18.2 Å². The predicted octanol–water partition coefficient (Wildman–Crippen LogP) is 4.27. The second kappa shape index (κ2) is 13.4. The average Bonchev–Trinajstić information content (AvgIpc) is 3.14. The minimum Gasteiger partial charge on any atom is -0.388 e. The van der Waals surface area contributed by atoms with E-state index in [0.29, 0.717) is 12.5 Å². The Bertz CT molecular complexity index is 562. The van der Waals surface area contributed by atoms with Crippen LogP contribution in [0.3, 0.4) is 0 Å². The Labute approximate surface area is 187 Å². The van der Waals surface area contributed by atoms with Gasteiger partial charge in [-0.15, -0.1) is 24.0 Å². The lowest BCUT2D eigenvalue weighted by atomic mass is 9.93. The van der Waals surface area contributed by atoms with Crippen LogP contribution < -0.4 is 10.6 Å². The van der Waals surface area contributed by atoms with Crippen LogP contribution in [-0.4, -0.2) is 42.9 Å². The molecule has 1 fully saturated rings. The summed E-state index contributed by atoms with van der Waals surface area (Å²) in [5.41, 5.74) is 0.540. The highest BCUT2D eigenvalue weighted by Crippen LogP contribution is 2.33. The Hall–Kier alpha value is -0.860. The molecule has 0 aromatic heterocycles. The van der Waals surface area contributed by atoms with E-state index in [1.54, 1.807) is 0 Å². The van der Waals surface area contributed by atoms with E-state index in [9.17, 15) is 5.11 Å². The summed E-state index contributed by atoms with van der Waals surface area (Å²) in [7, 11) is 0. The van der Waals surface area contributed by atoms with Crippen molar-refractivity contribution < 1.29 is 9.84 Å². The van der Waals surface area contributed by atoms with E-state index in [-0.39, 0.29) is 30.1 Å². The summed E-state index contributed by atoms with van der Waals surface area (Å²) in [6.07, 6.45) is 4.69. The molecule has 3 N–H and O–H groups in total. The van der Waals surface area contributed by atoms with Crippen LogP contribution in [0.1, 0.15) is 64.5 Å². The molecule has 2 atom stereocenters. The Morgan fingerprint density at radius 1 is 1.14 bits per heavy atom. The third-order valence-corrected chi connectivity index (χ3v) is 5.18. The van der Waals surface area contributed by atoms with Crippen molar-refractivity contribution in [2.75, 3.05) is 26.2 Å². The molecule has 0 bridgehead atoms. The summed E-state index contributed by atoms with van der Waals surface area (Å²) >= 11 is 0. The normalized spacial score (nSPS) is 19.9. The Morgan fingerprint density at radius 2 is 1.82 bits per heavy atom. The number of ether oxygens (including phenoxy) is 1. The number of hydrogen-bond acceptors (Lipinski definition) is 3. The predicted molar refractivity (Wildman–Crippen MR) is 127 cm³/mol. The summed E-state index contributed by atoms with van der Waals surface area (Å²) in [6, 6.07) is 10.4. The third-order valence-electron chi connectivity index (χ3n) is 5.18. The number of nitrogens with one attached hydrogen (secondary N) is 2. The second-order valence-corrected chi connectivity index (χ2v) is 7.55. The van der Waals surface area contributed by atoms with Gasteiger partial charge in [0.15, 0.2) is 5.96 Å². The molecule has 2 rings (SSSR count). The van der Waals surface area contributed by atoms with Gasteiger partial charge in [-0.1, -0.05) is 57.0 Å². The molecule has 1 aromatic rings. The van der Waals surface area contributed by atoms with Gasteiger partial charge in [0.25, 0.3) is 0 Å². The number of guanidine groups is 1. The van der Waals surface area contributed by atoms with Gasteiger partial charge in [-0.05, 0) is 31.7 Å². The van der Waals surface area contributed by atoms with Gasteiger partial charge < -0.3 is 20.5 Å². The highest BCUT2D eigenvalue weighted by molar-refractivity contribution is 14.0. The molecule has 1 aromatic carbocycles. The van der Waals surface area contributed by atoms with Crippen molar-refractivity contribution in [2.45, 2.75) is 64.6 Å². The summed E-state index contributed by atoms with van der Waals surface area (Å²) in [5.74, 6) is 1.20. The molecule has 0 spiro atoms. The van der Waals surface area contributed by atoms with Crippen LogP contribution in [0, 0.1) is 5.92 Å². The van der Waals surface area contributed by atoms with Gasteiger partial charge in [0.2, 0.25) is 0 Å². The zero-order chi connectivity index (χ0) is 19.5. The standard InChI is InChI=1S/C22H37N3O2.HI/c1-4-13-22(26,14-5-2)17-25-21(23-6-3)24-16-19-12-15-27-20(19)18-10-8-7-9-11-18;/h7-11,19-20,26H,4-6,12-17H2,1-3H3,(H2,23,24,25);1H. The lowest BCUT2D eigenvalue weighted by Gasteiger charge is -2.26. The fourth-order valence-corrected chi connectivity index (χ4v) is 3.86. The van der Waals surface area contributed by atoms with Gasteiger partial charge in [0.1, 0.15) is 0 Å². The molecule has 160 valence electrons. The number of aliphatic imine (C=N–C) groups is 1. The van der Waals surface area contributed by atoms with Crippen LogP contribution in [-0.2, 0) is 4.74 Å². The first-order valence-electron chi connectivity index (χ1n) is 10.5. The first-order valence-corrected chi connectivity index (χ1v) is 10.5. The van der Waals surface area contributed by atoms with E-state index in [2.05, 4.69) is 60.7 Å². The fraction of sp³-hybridized carbons (Fsp3) is 0.682. The first kappa shape index (κ1) is 25.2. The fourth-order valence-electron chi connectivity index (χ4n) is 3.86. The maximum absolute atomic E-state index is 10.8. The molecule has 1 aliphatic rings. The molecule has 5 nitrogen and oxygen atoms in total. The molecule has 1 aliphatic heterocycles. The van der Waals surface area contributed by atoms with Crippen LogP contribution in [0.5, 0.6) is 0 Å². The van der Waals surface area contributed by atoms with Crippen LogP contribution in [0.4, 0.5) is 0 Å². The monoisotopic (exact) mass is 503 g/mol. The third kappa shape index (κ3) is 7.87. The van der Waals surface area contributed by atoms with E-state index in [0.717, 1.165) is 57.8 Å². The first-order chi connectivity index (χ1) is 13.1. The Balaban J connectivity index is 0.00000392. The molecule has 2 unspecified atom stereocenters. The van der Waals surface area contributed by atoms with E-state index in [1.165, 1.54) is 5.56 Å². The minimum atomic E-state index is -0.700. The quantitative estimate of drug-likeness (QED) is 0.254. The van der Waals surface area contributed by atoms with Crippen LogP contribution >= 0.6 is 24.0 Å². The molecular formula is C22H38IN3O2. The Morgan fingerprint density at radius 3 is 2.43 bits per heavy atom. The second-order valence-electron chi connectivity index (χ2n) is 7.55. The number of halogens is 1. The molecule has 0 aliphatic carbocycles. The van der Waals surface area contributed by atoms with Crippen LogP contribution in [0.25, 0.3) is 0 Å². The van der Waals surface area contributed by atoms with Gasteiger partial charge in [-0.2, -0.15) is 0 Å². The lowest BCUT2D eigenvalue weighted by Crippen LogP contribution is -2.42. The van der Waals surface area contributed by atoms with Gasteiger partial charge >= 0.3 is 0 Å². The smallest absolute Gasteiger partial charge is 0.191 e. The topological polar surface area (TPSA) is 65.9 Å². The summed E-state index contributed by atoms with van der Waals surface area (Å²) in [6.45, 7) is 9.13. The number of nitrogens with zero attached hydrogens (tertiary/aromatic N) is 1. The number of benzene rings is 1. The molecule has 0 saturated carbocycles. The molecule has 0 amide bonds. The highest BCUT2D eigenvalue weighted by atomic mass is 127. The number of aliphatic hydroxyl groups is 1. The maximum atomic E-state index is 10.8. The molecule has 6 heteroatoms. The maximum Gasteiger partial charge on any atom is 0.191 e. The van der Waals surface area contributed by atoms with Crippen molar-refractivity contribution in [1.29, 1.82) is 0 Å². The average molecular weight is 503 g/mol. The van der Waals surface area contributed by atoms with E-state index < -0.39 is 5.60 Å². The summed E-state index contributed by atoms with van der Waals surface area (Å²) in [4.78, 5) is 4.69. The van der Waals surface area contributed by atoms with Crippen LogP contribution in [0.15, 0.2) is 35.3 Å². The molecule has 1 saturated heterocycles. The van der Waals surface area contributed by atoms with Crippen LogP contribution in [0.2, 0.25) is 0 Å². The molecule has 28 heavy (non-hydrogen) atoms. The van der Waals surface area contributed by atoms with Gasteiger partial charge in [-0.25, -0.2) is 0 Å². The van der Waals surface area contributed by atoms with Crippen molar-refractivity contribution in [3.05, 3.63) is 35.9 Å². The largest absolute Gasteiger partial charge is 0.388 e.